The van der Waals surface area contributed by atoms with E-state index in [0.717, 1.165) is 0 Å². The van der Waals surface area contributed by atoms with Crippen molar-refractivity contribution in [2.75, 3.05) is 0 Å². The molecule has 0 saturated heterocycles. The Morgan fingerprint density at radius 1 is 1.33 bits per heavy atom. The lowest BCUT2D eigenvalue weighted by Crippen LogP contribution is -2.00. The van der Waals surface area contributed by atoms with Gasteiger partial charge in [-0.1, -0.05) is 18.2 Å². The largest absolute Gasteiger partial charge is 0.342 e. The Balaban J connectivity index is 2.32. The summed E-state index contributed by atoms with van der Waals surface area (Å²) >= 11 is 0. The molecular formula is C11H9N2O2. The zero-order chi connectivity index (χ0) is 10.7. The van der Waals surface area contributed by atoms with Gasteiger partial charge in [0.15, 0.2) is 0 Å². The normalized spacial score (nSPS) is 10.1. The van der Waals surface area contributed by atoms with E-state index in [-0.39, 0.29) is 10.6 Å². The van der Waals surface area contributed by atoms with Crippen molar-refractivity contribution in [2.45, 2.75) is 6.54 Å². The number of aromatic nitrogens is 1. The molecule has 0 N–H and O–H groups in total. The fourth-order valence-corrected chi connectivity index (χ4v) is 1.43. The van der Waals surface area contributed by atoms with E-state index in [1.54, 1.807) is 28.8 Å². The highest BCUT2D eigenvalue weighted by Crippen LogP contribution is 2.18. The first-order valence-electron chi connectivity index (χ1n) is 4.52. The zero-order valence-electron chi connectivity index (χ0n) is 7.96. The van der Waals surface area contributed by atoms with Gasteiger partial charge in [-0.2, -0.15) is 0 Å². The van der Waals surface area contributed by atoms with Crippen LogP contribution in [0.3, 0.4) is 0 Å². The molecule has 0 saturated carbocycles. The van der Waals surface area contributed by atoms with Crippen LogP contribution in [0.15, 0.2) is 42.6 Å². The first-order valence-corrected chi connectivity index (χ1v) is 4.52. The van der Waals surface area contributed by atoms with E-state index >= 15 is 0 Å². The molecule has 0 atom stereocenters. The molecule has 0 spiro atoms. The third-order valence-corrected chi connectivity index (χ3v) is 2.13. The molecule has 0 aliphatic carbocycles. The molecule has 0 bridgehead atoms. The van der Waals surface area contributed by atoms with E-state index in [2.05, 4.69) is 6.20 Å². The van der Waals surface area contributed by atoms with Crippen molar-refractivity contribution >= 4 is 5.69 Å². The van der Waals surface area contributed by atoms with Crippen LogP contribution in [-0.4, -0.2) is 9.49 Å². The van der Waals surface area contributed by atoms with E-state index in [1.165, 1.54) is 6.07 Å². The second-order valence-corrected chi connectivity index (χ2v) is 3.15. The topological polar surface area (TPSA) is 48.1 Å². The average molecular weight is 201 g/mol. The van der Waals surface area contributed by atoms with Crippen molar-refractivity contribution in [1.82, 2.24) is 4.57 Å². The van der Waals surface area contributed by atoms with Crippen molar-refractivity contribution in [2.24, 2.45) is 0 Å². The van der Waals surface area contributed by atoms with Gasteiger partial charge in [0.1, 0.15) is 0 Å². The summed E-state index contributed by atoms with van der Waals surface area (Å²) in [4.78, 5) is 10.4. The Labute approximate surface area is 86.9 Å². The van der Waals surface area contributed by atoms with Gasteiger partial charge >= 0.3 is 0 Å². The number of nitrogens with zero attached hydrogens (tertiary/aromatic N) is 2. The highest BCUT2D eigenvalue weighted by molar-refractivity contribution is 5.39. The van der Waals surface area contributed by atoms with Gasteiger partial charge in [0.2, 0.25) is 0 Å². The molecule has 75 valence electrons. The van der Waals surface area contributed by atoms with Crippen molar-refractivity contribution in [3.05, 3.63) is 64.5 Å². The van der Waals surface area contributed by atoms with Gasteiger partial charge in [-0.05, 0) is 12.1 Å². The van der Waals surface area contributed by atoms with E-state index < -0.39 is 0 Å². The van der Waals surface area contributed by atoms with Gasteiger partial charge in [-0.15, -0.1) is 0 Å². The number of nitro benzene ring substituents is 1. The molecule has 1 aromatic carbocycles. The van der Waals surface area contributed by atoms with Crippen LogP contribution in [0.4, 0.5) is 5.69 Å². The smallest absolute Gasteiger partial charge is 0.274 e. The maximum Gasteiger partial charge on any atom is 0.274 e. The molecule has 1 aromatic heterocycles. The Morgan fingerprint density at radius 2 is 2.13 bits per heavy atom. The van der Waals surface area contributed by atoms with Gasteiger partial charge in [-0.25, -0.2) is 0 Å². The predicted molar refractivity (Wildman–Crippen MR) is 55.5 cm³/mol. The fraction of sp³-hybridized carbons (Fsp3) is 0.0909. The van der Waals surface area contributed by atoms with Gasteiger partial charge < -0.3 is 4.57 Å². The SMILES string of the molecule is O=[N+]([O-])c1ccccc1Cn1[c]ccc1. The molecule has 15 heavy (non-hydrogen) atoms. The molecule has 0 amide bonds. The summed E-state index contributed by atoms with van der Waals surface area (Å²) in [6.07, 6.45) is 4.78. The van der Waals surface area contributed by atoms with Crippen LogP contribution in [0.5, 0.6) is 0 Å². The van der Waals surface area contributed by atoms with Gasteiger partial charge in [0.05, 0.1) is 17.7 Å². The third-order valence-electron chi connectivity index (χ3n) is 2.13. The first-order chi connectivity index (χ1) is 7.27. The summed E-state index contributed by atoms with van der Waals surface area (Å²) in [5.74, 6) is 0. The van der Waals surface area contributed by atoms with Crippen molar-refractivity contribution in [1.29, 1.82) is 0 Å². The molecule has 2 rings (SSSR count). The number of nitro groups is 1. The summed E-state index contributed by atoms with van der Waals surface area (Å²) in [6.45, 7) is 0.476. The maximum absolute atomic E-state index is 10.7. The summed E-state index contributed by atoms with van der Waals surface area (Å²) < 4.78 is 1.78. The Bertz CT molecular complexity index is 463. The number of para-hydroxylation sites is 1. The van der Waals surface area contributed by atoms with Gasteiger partial charge in [0.25, 0.3) is 5.69 Å². The quantitative estimate of drug-likeness (QED) is 0.564. The number of benzene rings is 1. The van der Waals surface area contributed by atoms with E-state index in [0.29, 0.717) is 12.1 Å². The zero-order valence-corrected chi connectivity index (χ0v) is 7.96. The predicted octanol–water partition coefficient (Wildman–Crippen LogP) is 2.24. The van der Waals surface area contributed by atoms with E-state index in [4.69, 9.17) is 0 Å². The summed E-state index contributed by atoms with van der Waals surface area (Å²) in [5.41, 5.74) is 0.842. The van der Waals surface area contributed by atoms with Gasteiger partial charge in [-0.3, -0.25) is 10.1 Å². The van der Waals surface area contributed by atoms with Crippen LogP contribution in [0.2, 0.25) is 0 Å². The lowest BCUT2D eigenvalue weighted by molar-refractivity contribution is -0.385. The molecule has 4 heteroatoms. The Hall–Kier alpha value is -2.10. The van der Waals surface area contributed by atoms with Crippen LogP contribution < -0.4 is 0 Å². The molecule has 0 aliphatic heterocycles. The number of hydrogen-bond donors (Lipinski definition) is 0. The summed E-state index contributed by atoms with van der Waals surface area (Å²) in [7, 11) is 0. The standard InChI is InChI=1S/C11H9N2O2/c14-13(15)11-6-2-1-5-10(11)9-12-7-3-4-8-12/h1-7H,9H2. The maximum atomic E-state index is 10.7. The third kappa shape index (κ3) is 2.04. The fourth-order valence-electron chi connectivity index (χ4n) is 1.43. The average Bonchev–Trinajstić information content (AvgIpc) is 2.71. The van der Waals surface area contributed by atoms with Crippen molar-refractivity contribution < 1.29 is 4.92 Å². The van der Waals surface area contributed by atoms with Crippen molar-refractivity contribution in [3.63, 3.8) is 0 Å². The molecule has 4 nitrogen and oxygen atoms in total. The highest BCUT2D eigenvalue weighted by atomic mass is 16.6. The molecule has 0 unspecified atom stereocenters. The van der Waals surface area contributed by atoms with Gasteiger partial charge in [0, 0.05) is 17.8 Å². The highest BCUT2D eigenvalue weighted by Gasteiger charge is 2.11. The molecular weight excluding hydrogens is 192 g/mol. The van der Waals surface area contributed by atoms with Crippen LogP contribution in [0, 0.1) is 16.3 Å². The van der Waals surface area contributed by atoms with Crippen LogP contribution in [0.25, 0.3) is 0 Å². The monoisotopic (exact) mass is 201 g/mol. The minimum Gasteiger partial charge on any atom is -0.342 e. The molecule has 1 radical (unpaired) electrons. The van der Waals surface area contributed by atoms with E-state index in [1.807, 2.05) is 12.3 Å². The molecule has 0 aliphatic rings. The van der Waals surface area contributed by atoms with Crippen LogP contribution in [-0.2, 0) is 6.54 Å². The Kier molecular flexibility index (Phi) is 2.49. The lowest BCUT2D eigenvalue weighted by Gasteiger charge is -2.03. The molecule has 2 aromatic rings. The minimum absolute atomic E-state index is 0.152. The number of rotatable bonds is 3. The second-order valence-electron chi connectivity index (χ2n) is 3.15. The lowest BCUT2D eigenvalue weighted by atomic mass is 10.2. The van der Waals surface area contributed by atoms with E-state index in [9.17, 15) is 10.1 Å². The Morgan fingerprint density at radius 3 is 2.80 bits per heavy atom. The second kappa shape index (κ2) is 3.96. The molecule has 0 fully saturated rings. The molecule has 1 heterocycles. The number of hydrogen-bond acceptors (Lipinski definition) is 2. The van der Waals surface area contributed by atoms with Crippen molar-refractivity contribution in [3.8, 4) is 0 Å². The van der Waals surface area contributed by atoms with Crippen LogP contribution in [0.1, 0.15) is 5.56 Å². The van der Waals surface area contributed by atoms with Crippen LogP contribution >= 0.6 is 0 Å². The minimum atomic E-state index is -0.362. The summed E-state index contributed by atoms with van der Waals surface area (Å²) in [5, 5.41) is 10.7. The summed E-state index contributed by atoms with van der Waals surface area (Å²) in [6, 6.07) is 10.3. The first kappa shape index (κ1) is 9.45.